The Labute approximate surface area is 135 Å². The van der Waals surface area contributed by atoms with Crippen LogP contribution in [0.2, 0.25) is 0 Å². The van der Waals surface area contributed by atoms with E-state index in [9.17, 15) is 8.42 Å². The molecule has 2 atom stereocenters. The minimum atomic E-state index is -3.36. The van der Waals surface area contributed by atoms with Gasteiger partial charge in [-0.3, -0.25) is 0 Å². The maximum Gasteiger partial charge on any atom is 0.221 e. The van der Waals surface area contributed by atoms with Crippen LogP contribution in [-0.4, -0.2) is 19.7 Å². The van der Waals surface area contributed by atoms with Crippen LogP contribution >= 0.6 is 0 Å². The van der Waals surface area contributed by atoms with Crippen molar-refractivity contribution in [2.45, 2.75) is 63.5 Å². The standard InChI is InChI=1S/C17H28N2O2S/c1-16-12-8-9-13-17(16,2)22(20,21)19-15-11-7-5-3-4-6-10-14-18/h8-9,12-13,16,19H,3-7,10-11,15H2,1-2H3. The van der Waals surface area contributed by atoms with E-state index in [0.717, 1.165) is 38.5 Å². The van der Waals surface area contributed by atoms with Crippen molar-refractivity contribution in [2.75, 3.05) is 6.54 Å². The van der Waals surface area contributed by atoms with E-state index < -0.39 is 14.8 Å². The Hall–Kier alpha value is -1.12. The monoisotopic (exact) mass is 324 g/mol. The number of hydrogen-bond donors (Lipinski definition) is 1. The molecule has 5 heteroatoms. The van der Waals surface area contributed by atoms with E-state index in [1.54, 1.807) is 19.1 Å². The summed E-state index contributed by atoms with van der Waals surface area (Å²) in [5, 5.41) is 8.44. The molecule has 0 aromatic rings. The van der Waals surface area contributed by atoms with Crippen molar-refractivity contribution < 1.29 is 8.42 Å². The lowest BCUT2D eigenvalue weighted by Gasteiger charge is -2.32. The smallest absolute Gasteiger partial charge is 0.214 e. The van der Waals surface area contributed by atoms with Crippen molar-refractivity contribution in [3.05, 3.63) is 24.3 Å². The van der Waals surface area contributed by atoms with Crippen LogP contribution in [0.4, 0.5) is 0 Å². The fourth-order valence-corrected chi connectivity index (χ4v) is 4.10. The molecule has 2 unspecified atom stereocenters. The zero-order valence-corrected chi connectivity index (χ0v) is 14.5. The molecule has 0 aromatic heterocycles. The summed E-state index contributed by atoms with van der Waals surface area (Å²) in [5.41, 5.74) is 0. The molecule has 0 saturated heterocycles. The van der Waals surface area contributed by atoms with Gasteiger partial charge in [0.2, 0.25) is 10.0 Å². The van der Waals surface area contributed by atoms with Crippen LogP contribution in [0.1, 0.15) is 58.8 Å². The van der Waals surface area contributed by atoms with Gasteiger partial charge in [-0.15, -0.1) is 0 Å². The predicted octanol–water partition coefficient (Wildman–Crippen LogP) is 3.68. The zero-order valence-electron chi connectivity index (χ0n) is 13.7. The Bertz CT molecular complexity index is 531. The highest BCUT2D eigenvalue weighted by Crippen LogP contribution is 2.31. The molecule has 124 valence electrons. The van der Waals surface area contributed by atoms with Crippen LogP contribution in [-0.2, 0) is 10.0 Å². The number of nitrogens with zero attached hydrogens (tertiary/aromatic N) is 1. The lowest BCUT2D eigenvalue weighted by molar-refractivity contribution is 0.499. The largest absolute Gasteiger partial charge is 0.221 e. The molecule has 0 amide bonds. The Morgan fingerprint density at radius 3 is 2.41 bits per heavy atom. The Kier molecular flexibility index (Phi) is 7.84. The SMILES string of the molecule is CC1C=CC=CC1(C)S(=O)(=O)NCCCCCCCCC#N. The average Bonchev–Trinajstić information content (AvgIpc) is 2.48. The molecular weight excluding hydrogens is 296 g/mol. The molecule has 1 aliphatic carbocycles. The van der Waals surface area contributed by atoms with Gasteiger partial charge < -0.3 is 0 Å². The van der Waals surface area contributed by atoms with E-state index in [4.69, 9.17) is 5.26 Å². The molecule has 0 bridgehead atoms. The van der Waals surface area contributed by atoms with Crippen molar-refractivity contribution in [3.8, 4) is 6.07 Å². The maximum absolute atomic E-state index is 12.5. The van der Waals surface area contributed by atoms with E-state index in [1.165, 1.54) is 0 Å². The second-order valence-corrected chi connectivity index (χ2v) is 8.32. The summed E-state index contributed by atoms with van der Waals surface area (Å²) < 4.78 is 26.9. The zero-order chi connectivity index (χ0) is 16.5. The van der Waals surface area contributed by atoms with E-state index in [1.807, 2.05) is 19.1 Å². The fourth-order valence-electron chi connectivity index (χ4n) is 2.55. The molecule has 22 heavy (non-hydrogen) atoms. The Morgan fingerprint density at radius 1 is 1.14 bits per heavy atom. The van der Waals surface area contributed by atoms with Gasteiger partial charge in [-0.2, -0.15) is 5.26 Å². The summed E-state index contributed by atoms with van der Waals surface area (Å²) in [4.78, 5) is 0. The van der Waals surface area contributed by atoms with Crippen molar-refractivity contribution in [1.82, 2.24) is 4.72 Å². The molecule has 4 nitrogen and oxygen atoms in total. The molecule has 1 aliphatic rings. The topological polar surface area (TPSA) is 70.0 Å². The Balaban J connectivity index is 2.25. The van der Waals surface area contributed by atoms with E-state index >= 15 is 0 Å². The van der Waals surface area contributed by atoms with Crippen LogP contribution in [0.5, 0.6) is 0 Å². The lowest BCUT2D eigenvalue weighted by Crippen LogP contribution is -2.47. The number of nitrogens with one attached hydrogen (secondary N) is 1. The number of rotatable bonds is 10. The molecule has 0 heterocycles. The summed E-state index contributed by atoms with van der Waals surface area (Å²) in [5.74, 6) is -0.0323. The van der Waals surface area contributed by atoms with Gasteiger partial charge in [0.25, 0.3) is 0 Å². The van der Waals surface area contributed by atoms with E-state index in [2.05, 4.69) is 10.8 Å². The second-order valence-electron chi connectivity index (χ2n) is 6.14. The summed E-state index contributed by atoms with van der Waals surface area (Å²) in [6, 6.07) is 2.15. The lowest BCUT2D eigenvalue weighted by atomic mass is 9.91. The van der Waals surface area contributed by atoms with Crippen LogP contribution in [0, 0.1) is 17.2 Å². The molecule has 0 aromatic carbocycles. The van der Waals surface area contributed by atoms with Crippen LogP contribution in [0.3, 0.4) is 0 Å². The third kappa shape index (κ3) is 5.26. The van der Waals surface area contributed by atoms with Crippen LogP contribution in [0.25, 0.3) is 0 Å². The second kappa shape index (κ2) is 9.12. The van der Waals surface area contributed by atoms with Crippen LogP contribution in [0.15, 0.2) is 24.3 Å². The first-order chi connectivity index (χ1) is 10.4. The quantitative estimate of drug-likeness (QED) is 0.623. The summed E-state index contributed by atoms with van der Waals surface area (Å²) in [6.07, 6.45) is 14.2. The summed E-state index contributed by atoms with van der Waals surface area (Å²) >= 11 is 0. The van der Waals surface area contributed by atoms with Crippen molar-refractivity contribution in [3.63, 3.8) is 0 Å². The molecule has 0 radical (unpaired) electrons. The van der Waals surface area contributed by atoms with Gasteiger partial charge in [0, 0.05) is 13.0 Å². The van der Waals surface area contributed by atoms with Gasteiger partial charge in [-0.05, 0) is 25.7 Å². The maximum atomic E-state index is 12.5. The molecule has 1 N–H and O–H groups in total. The van der Waals surface area contributed by atoms with Crippen molar-refractivity contribution in [2.24, 2.45) is 5.92 Å². The van der Waals surface area contributed by atoms with Crippen molar-refractivity contribution in [1.29, 1.82) is 5.26 Å². The molecule has 0 saturated carbocycles. The fraction of sp³-hybridized carbons (Fsp3) is 0.706. The summed E-state index contributed by atoms with van der Waals surface area (Å²) in [6.45, 7) is 4.20. The third-order valence-corrected chi connectivity index (χ3v) is 6.68. The van der Waals surface area contributed by atoms with Gasteiger partial charge >= 0.3 is 0 Å². The normalized spacial score (nSPS) is 24.3. The molecular formula is C17H28N2O2S. The van der Waals surface area contributed by atoms with E-state index in [0.29, 0.717) is 13.0 Å². The minimum absolute atomic E-state index is 0.0323. The Morgan fingerprint density at radius 2 is 1.77 bits per heavy atom. The van der Waals surface area contributed by atoms with Gasteiger partial charge in [0.05, 0.1) is 6.07 Å². The minimum Gasteiger partial charge on any atom is -0.214 e. The molecule has 0 fully saturated rings. The van der Waals surface area contributed by atoms with Gasteiger partial charge in [-0.25, -0.2) is 13.1 Å². The number of unbranched alkanes of at least 4 members (excludes halogenated alkanes) is 6. The van der Waals surface area contributed by atoms with Gasteiger partial charge in [0.15, 0.2) is 0 Å². The average molecular weight is 324 g/mol. The summed E-state index contributed by atoms with van der Waals surface area (Å²) in [7, 11) is -3.36. The number of allylic oxidation sites excluding steroid dienone is 3. The first-order valence-corrected chi connectivity index (χ1v) is 9.64. The highest BCUT2D eigenvalue weighted by molar-refractivity contribution is 7.91. The first kappa shape index (κ1) is 18.9. The number of hydrogen-bond acceptors (Lipinski definition) is 3. The van der Waals surface area contributed by atoms with Gasteiger partial charge in [-0.1, -0.05) is 56.9 Å². The molecule has 0 spiro atoms. The molecule has 0 aliphatic heterocycles. The number of sulfonamides is 1. The first-order valence-electron chi connectivity index (χ1n) is 8.16. The highest BCUT2D eigenvalue weighted by atomic mass is 32.2. The molecule has 1 rings (SSSR count). The van der Waals surface area contributed by atoms with E-state index in [-0.39, 0.29) is 5.92 Å². The predicted molar refractivity (Wildman–Crippen MR) is 90.7 cm³/mol. The highest BCUT2D eigenvalue weighted by Gasteiger charge is 2.41. The third-order valence-electron chi connectivity index (χ3n) is 4.43. The van der Waals surface area contributed by atoms with Crippen LogP contribution < -0.4 is 4.72 Å². The van der Waals surface area contributed by atoms with Crippen molar-refractivity contribution >= 4 is 10.0 Å². The van der Waals surface area contributed by atoms with Gasteiger partial charge in [0.1, 0.15) is 4.75 Å². The number of nitriles is 1.